The highest BCUT2D eigenvalue weighted by Crippen LogP contribution is 2.19. The van der Waals surface area contributed by atoms with Crippen molar-refractivity contribution in [3.05, 3.63) is 91.7 Å². The van der Waals surface area contributed by atoms with E-state index in [0.717, 1.165) is 27.7 Å². The Morgan fingerprint density at radius 3 is 2.38 bits per heavy atom. The topological polar surface area (TPSA) is 86.0 Å². The number of halogens is 1. The van der Waals surface area contributed by atoms with E-state index in [9.17, 15) is 14.4 Å². The SMILES string of the molecule is CC(c1ccccc1)n1c(=O)c(C(=O)NC2CC2)nn(-c2ccc(Cl)cc2)c1=O. The summed E-state index contributed by atoms with van der Waals surface area (Å²) in [6.07, 6.45) is 1.74. The summed E-state index contributed by atoms with van der Waals surface area (Å²) in [7, 11) is 0. The molecule has 0 radical (unpaired) electrons. The smallest absolute Gasteiger partial charge is 0.348 e. The molecule has 148 valence electrons. The maximum absolute atomic E-state index is 13.2. The molecule has 3 aromatic rings. The molecule has 1 saturated carbocycles. The number of carbonyl (C=O) groups excluding carboxylic acids is 1. The summed E-state index contributed by atoms with van der Waals surface area (Å²) in [6.45, 7) is 1.74. The minimum Gasteiger partial charge on any atom is -0.348 e. The first-order valence-electron chi connectivity index (χ1n) is 9.33. The molecule has 4 rings (SSSR count). The molecule has 7 nitrogen and oxygen atoms in total. The van der Waals surface area contributed by atoms with Gasteiger partial charge < -0.3 is 5.32 Å². The minimum atomic E-state index is -0.713. The van der Waals surface area contributed by atoms with Gasteiger partial charge in [0.25, 0.3) is 11.5 Å². The first-order chi connectivity index (χ1) is 14.0. The van der Waals surface area contributed by atoms with Crippen LogP contribution in [-0.2, 0) is 0 Å². The molecule has 0 aliphatic heterocycles. The highest BCUT2D eigenvalue weighted by Gasteiger charge is 2.28. The van der Waals surface area contributed by atoms with Crippen LogP contribution in [0.15, 0.2) is 64.2 Å². The zero-order chi connectivity index (χ0) is 20.5. The maximum atomic E-state index is 13.2. The number of carbonyl (C=O) groups is 1. The van der Waals surface area contributed by atoms with Gasteiger partial charge in [-0.25, -0.2) is 9.36 Å². The van der Waals surface area contributed by atoms with E-state index in [-0.39, 0.29) is 11.7 Å². The minimum absolute atomic E-state index is 0.0552. The van der Waals surface area contributed by atoms with E-state index in [0.29, 0.717) is 10.7 Å². The van der Waals surface area contributed by atoms with Crippen molar-refractivity contribution in [2.75, 3.05) is 0 Å². The highest BCUT2D eigenvalue weighted by atomic mass is 35.5. The summed E-state index contributed by atoms with van der Waals surface area (Å²) in [5.41, 5.74) is -0.469. The standard InChI is InChI=1S/C21H19ClN4O3/c1-13(14-5-3-2-4-6-14)25-20(28)18(19(27)23-16-9-10-16)24-26(21(25)29)17-11-7-15(22)8-12-17/h2-8,11-13,16H,9-10H2,1H3,(H,23,27). The van der Waals surface area contributed by atoms with Crippen molar-refractivity contribution in [1.29, 1.82) is 0 Å². The Bertz CT molecular complexity index is 1170. The Hall–Kier alpha value is -3.19. The van der Waals surface area contributed by atoms with Gasteiger partial charge in [-0.3, -0.25) is 9.59 Å². The van der Waals surface area contributed by atoms with E-state index < -0.39 is 23.2 Å². The quantitative estimate of drug-likeness (QED) is 0.700. The van der Waals surface area contributed by atoms with Crippen LogP contribution >= 0.6 is 11.6 Å². The Labute approximate surface area is 171 Å². The molecule has 1 heterocycles. The van der Waals surface area contributed by atoms with Crippen LogP contribution in [0.1, 0.15) is 41.9 Å². The van der Waals surface area contributed by atoms with Crippen LogP contribution in [0.4, 0.5) is 0 Å². The van der Waals surface area contributed by atoms with E-state index >= 15 is 0 Å². The second-order valence-electron chi connectivity index (χ2n) is 7.03. The summed E-state index contributed by atoms with van der Waals surface area (Å²) in [5, 5.41) is 7.38. The summed E-state index contributed by atoms with van der Waals surface area (Å²) >= 11 is 5.94. The van der Waals surface area contributed by atoms with Crippen molar-refractivity contribution in [3.8, 4) is 5.69 Å². The van der Waals surface area contributed by atoms with Crippen LogP contribution in [0.25, 0.3) is 5.69 Å². The van der Waals surface area contributed by atoms with Crippen LogP contribution in [0.2, 0.25) is 5.02 Å². The predicted octanol–water partition coefficient (Wildman–Crippen LogP) is 2.55. The number of nitrogens with one attached hydrogen (secondary N) is 1. The molecular weight excluding hydrogens is 392 g/mol. The van der Waals surface area contributed by atoms with E-state index in [1.165, 1.54) is 0 Å². The third kappa shape index (κ3) is 3.86. The third-order valence-electron chi connectivity index (χ3n) is 4.88. The van der Waals surface area contributed by atoms with Crippen molar-refractivity contribution < 1.29 is 4.79 Å². The third-order valence-corrected chi connectivity index (χ3v) is 5.13. The molecule has 1 aliphatic rings. The van der Waals surface area contributed by atoms with Gasteiger partial charge in [0.2, 0.25) is 5.69 Å². The van der Waals surface area contributed by atoms with Crippen molar-refractivity contribution in [3.63, 3.8) is 0 Å². The van der Waals surface area contributed by atoms with Gasteiger partial charge in [0.1, 0.15) is 0 Å². The second kappa shape index (κ2) is 7.67. The number of amides is 1. The van der Waals surface area contributed by atoms with E-state index in [1.807, 2.05) is 30.3 Å². The van der Waals surface area contributed by atoms with E-state index in [1.54, 1.807) is 31.2 Å². The number of hydrogen-bond donors (Lipinski definition) is 1. The predicted molar refractivity (Wildman–Crippen MR) is 110 cm³/mol. The lowest BCUT2D eigenvalue weighted by Crippen LogP contribution is -2.47. The lowest BCUT2D eigenvalue weighted by molar-refractivity contribution is 0.0941. The molecule has 1 aliphatic carbocycles. The van der Waals surface area contributed by atoms with Crippen molar-refractivity contribution in [1.82, 2.24) is 19.7 Å². The molecule has 0 spiro atoms. The van der Waals surface area contributed by atoms with Gasteiger partial charge >= 0.3 is 5.69 Å². The Morgan fingerprint density at radius 2 is 1.76 bits per heavy atom. The summed E-state index contributed by atoms with van der Waals surface area (Å²) in [6, 6.07) is 15.1. The van der Waals surface area contributed by atoms with Gasteiger partial charge in [-0.15, -0.1) is 0 Å². The number of benzene rings is 2. The molecule has 29 heavy (non-hydrogen) atoms. The first kappa shape index (κ1) is 19.1. The molecule has 8 heteroatoms. The van der Waals surface area contributed by atoms with Gasteiger partial charge in [0.15, 0.2) is 0 Å². The van der Waals surface area contributed by atoms with Crippen LogP contribution in [0.3, 0.4) is 0 Å². The van der Waals surface area contributed by atoms with Gasteiger partial charge in [0.05, 0.1) is 11.7 Å². The second-order valence-corrected chi connectivity index (χ2v) is 7.47. The van der Waals surface area contributed by atoms with Gasteiger partial charge in [-0.2, -0.15) is 9.78 Å². The highest BCUT2D eigenvalue weighted by molar-refractivity contribution is 6.30. The zero-order valence-corrected chi connectivity index (χ0v) is 16.5. The van der Waals surface area contributed by atoms with Gasteiger partial charge in [-0.1, -0.05) is 41.9 Å². The number of hydrogen-bond acceptors (Lipinski definition) is 4. The summed E-state index contributed by atoms with van der Waals surface area (Å²) in [5.74, 6) is -0.575. The fourth-order valence-corrected chi connectivity index (χ4v) is 3.21. The number of nitrogens with zero attached hydrogens (tertiary/aromatic N) is 3. The average molecular weight is 411 g/mol. The Morgan fingerprint density at radius 1 is 1.10 bits per heavy atom. The fraction of sp³-hybridized carbons (Fsp3) is 0.238. The Kier molecular flexibility index (Phi) is 5.07. The molecular formula is C21H19ClN4O3. The van der Waals surface area contributed by atoms with E-state index in [4.69, 9.17) is 11.6 Å². The summed E-state index contributed by atoms with van der Waals surface area (Å²) < 4.78 is 2.14. The van der Waals surface area contributed by atoms with Crippen molar-refractivity contribution >= 4 is 17.5 Å². The lowest BCUT2D eigenvalue weighted by atomic mass is 10.1. The molecule has 1 fully saturated rings. The van der Waals surface area contributed by atoms with Gasteiger partial charge in [0, 0.05) is 11.1 Å². The van der Waals surface area contributed by atoms with Crippen LogP contribution in [0, 0.1) is 0 Å². The van der Waals surface area contributed by atoms with Crippen LogP contribution < -0.4 is 16.6 Å². The zero-order valence-electron chi connectivity index (χ0n) is 15.7. The fourth-order valence-electron chi connectivity index (χ4n) is 3.09. The average Bonchev–Trinajstić information content (AvgIpc) is 3.53. The van der Waals surface area contributed by atoms with Crippen LogP contribution in [-0.4, -0.2) is 26.3 Å². The molecule has 1 N–H and O–H groups in total. The maximum Gasteiger partial charge on any atom is 0.352 e. The molecule has 0 bridgehead atoms. The van der Waals surface area contributed by atoms with Crippen molar-refractivity contribution in [2.24, 2.45) is 0 Å². The number of aromatic nitrogens is 3. The normalized spacial score (nSPS) is 14.4. The van der Waals surface area contributed by atoms with Crippen molar-refractivity contribution in [2.45, 2.75) is 31.8 Å². The molecule has 0 saturated heterocycles. The summed E-state index contributed by atoms with van der Waals surface area (Å²) in [4.78, 5) is 38.9. The molecule has 2 aromatic carbocycles. The molecule has 1 unspecified atom stereocenters. The monoisotopic (exact) mass is 410 g/mol. The number of rotatable bonds is 5. The Balaban J connectivity index is 1.91. The molecule has 1 atom stereocenters. The molecule has 1 aromatic heterocycles. The van der Waals surface area contributed by atoms with E-state index in [2.05, 4.69) is 10.4 Å². The largest absolute Gasteiger partial charge is 0.352 e. The lowest BCUT2D eigenvalue weighted by Gasteiger charge is -2.17. The molecule has 1 amide bonds. The first-order valence-corrected chi connectivity index (χ1v) is 9.71. The van der Waals surface area contributed by atoms with Gasteiger partial charge in [-0.05, 0) is 49.6 Å². The van der Waals surface area contributed by atoms with Crippen LogP contribution in [0.5, 0.6) is 0 Å².